The van der Waals surface area contributed by atoms with Crippen molar-refractivity contribution in [2.45, 2.75) is 52.2 Å². The van der Waals surface area contributed by atoms with Gasteiger partial charge in [0.05, 0.1) is 0 Å². The molecule has 0 amide bonds. The Morgan fingerprint density at radius 3 is 2.91 bits per heavy atom. The van der Waals surface area contributed by atoms with Gasteiger partial charge < -0.3 is 10.6 Å². The predicted octanol–water partition coefficient (Wildman–Crippen LogP) is 3.08. The van der Waals surface area contributed by atoms with Crippen molar-refractivity contribution in [1.82, 2.24) is 15.5 Å². The van der Waals surface area contributed by atoms with Gasteiger partial charge in [-0.25, -0.2) is 0 Å². The fourth-order valence-electron chi connectivity index (χ4n) is 2.55. The van der Waals surface area contributed by atoms with Gasteiger partial charge in [0.15, 0.2) is 5.96 Å². The Balaban J connectivity index is 0.00000242. The van der Waals surface area contributed by atoms with Gasteiger partial charge in [-0.15, -0.1) is 35.3 Å². The summed E-state index contributed by atoms with van der Waals surface area (Å²) in [5.41, 5.74) is 1.51. The smallest absolute Gasteiger partial charge is 0.191 e. The summed E-state index contributed by atoms with van der Waals surface area (Å²) in [7, 11) is 1.83. The van der Waals surface area contributed by atoms with Gasteiger partial charge in [0.2, 0.25) is 0 Å². The molecular formula is C16H29IN4S. The zero-order chi connectivity index (χ0) is 15.2. The molecule has 0 fully saturated rings. The Morgan fingerprint density at radius 1 is 1.45 bits per heavy atom. The topological polar surface area (TPSA) is 39.7 Å². The minimum absolute atomic E-state index is 0. The fraction of sp³-hybridized carbons (Fsp3) is 0.688. The van der Waals surface area contributed by atoms with E-state index in [9.17, 15) is 0 Å². The zero-order valence-corrected chi connectivity index (χ0v) is 17.2. The maximum Gasteiger partial charge on any atom is 0.191 e. The molecule has 22 heavy (non-hydrogen) atoms. The highest BCUT2D eigenvalue weighted by Gasteiger charge is 2.21. The molecule has 2 atom stereocenters. The Bertz CT molecular complexity index is 474. The molecule has 1 aliphatic rings. The minimum atomic E-state index is 0. The normalized spacial score (nSPS) is 18.1. The van der Waals surface area contributed by atoms with Crippen LogP contribution in [-0.4, -0.2) is 43.1 Å². The minimum Gasteiger partial charge on any atom is -0.355 e. The standard InChI is InChI=1S/C16H28N4S.HI/c1-5-12(2)19-16(17-4)18-10-13(3)20-8-6-15-14(11-20)7-9-21-15;/h7,9,12-13H,5-6,8,10-11H2,1-4H3,(H2,17,18,19);1H. The van der Waals surface area contributed by atoms with Crippen LogP contribution in [0.4, 0.5) is 0 Å². The van der Waals surface area contributed by atoms with E-state index in [1.54, 1.807) is 4.88 Å². The molecule has 2 heterocycles. The summed E-state index contributed by atoms with van der Waals surface area (Å²) in [4.78, 5) is 8.42. The molecule has 0 spiro atoms. The van der Waals surface area contributed by atoms with E-state index in [2.05, 4.69) is 52.7 Å². The van der Waals surface area contributed by atoms with E-state index < -0.39 is 0 Å². The van der Waals surface area contributed by atoms with E-state index in [1.807, 2.05) is 18.4 Å². The molecule has 6 heteroatoms. The lowest BCUT2D eigenvalue weighted by atomic mass is 10.1. The van der Waals surface area contributed by atoms with Gasteiger partial charge in [-0.3, -0.25) is 9.89 Å². The van der Waals surface area contributed by atoms with Crippen LogP contribution in [0.3, 0.4) is 0 Å². The van der Waals surface area contributed by atoms with E-state index in [0.717, 1.165) is 32.0 Å². The van der Waals surface area contributed by atoms with Crippen molar-refractivity contribution in [1.29, 1.82) is 0 Å². The van der Waals surface area contributed by atoms with Crippen LogP contribution in [0.2, 0.25) is 0 Å². The first-order valence-electron chi connectivity index (χ1n) is 7.90. The Labute approximate surface area is 155 Å². The van der Waals surface area contributed by atoms with Gasteiger partial charge in [0.25, 0.3) is 0 Å². The maximum absolute atomic E-state index is 4.30. The third-order valence-corrected chi connectivity index (χ3v) is 5.27. The molecule has 2 unspecified atom stereocenters. The summed E-state index contributed by atoms with van der Waals surface area (Å²) in [6, 6.07) is 3.24. The third kappa shape index (κ3) is 5.38. The second-order valence-corrected chi connectivity index (χ2v) is 6.85. The maximum atomic E-state index is 4.30. The van der Waals surface area contributed by atoms with Crippen molar-refractivity contribution in [3.05, 3.63) is 21.9 Å². The Kier molecular flexibility index (Phi) is 8.71. The number of hydrogen-bond acceptors (Lipinski definition) is 3. The van der Waals surface area contributed by atoms with Crippen molar-refractivity contribution in [2.24, 2.45) is 4.99 Å². The molecule has 0 aliphatic carbocycles. The number of rotatable bonds is 5. The number of thiophene rings is 1. The van der Waals surface area contributed by atoms with E-state index in [0.29, 0.717) is 12.1 Å². The van der Waals surface area contributed by atoms with Gasteiger partial charge in [-0.2, -0.15) is 0 Å². The monoisotopic (exact) mass is 436 g/mol. The molecule has 0 saturated carbocycles. The largest absolute Gasteiger partial charge is 0.355 e. The second-order valence-electron chi connectivity index (χ2n) is 5.85. The lowest BCUT2D eigenvalue weighted by Crippen LogP contribution is -2.48. The molecule has 1 aromatic rings. The summed E-state index contributed by atoms with van der Waals surface area (Å²) in [6.45, 7) is 9.82. The number of halogens is 1. The zero-order valence-electron chi connectivity index (χ0n) is 14.1. The number of aliphatic imine (C=N–C) groups is 1. The van der Waals surface area contributed by atoms with Crippen LogP contribution in [0.1, 0.15) is 37.6 Å². The number of guanidine groups is 1. The quantitative estimate of drug-likeness (QED) is 0.424. The third-order valence-electron chi connectivity index (χ3n) is 4.24. The number of hydrogen-bond donors (Lipinski definition) is 2. The molecule has 0 aromatic carbocycles. The van der Waals surface area contributed by atoms with Gasteiger partial charge >= 0.3 is 0 Å². The molecule has 2 N–H and O–H groups in total. The van der Waals surface area contributed by atoms with Gasteiger partial charge in [0.1, 0.15) is 0 Å². The molecule has 0 saturated heterocycles. The second kappa shape index (κ2) is 9.72. The van der Waals surface area contributed by atoms with Crippen molar-refractivity contribution in [3.8, 4) is 0 Å². The first kappa shape index (κ1) is 19.7. The van der Waals surface area contributed by atoms with Crippen molar-refractivity contribution in [2.75, 3.05) is 20.1 Å². The van der Waals surface area contributed by atoms with Crippen LogP contribution in [0.5, 0.6) is 0 Å². The van der Waals surface area contributed by atoms with Gasteiger partial charge in [0, 0.05) is 43.6 Å². The highest BCUT2D eigenvalue weighted by molar-refractivity contribution is 14.0. The molecular weight excluding hydrogens is 407 g/mol. The molecule has 126 valence electrons. The molecule has 0 bridgehead atoms. The number of nitrogens with one attached hydrogen (secondary N) is 2. The first-order valence-corrected chi connectivity index (χ1v) is 8.78. The molecule has 4 nitrogen and oxygen atoms in total. The number of nitrogens with zero attached hydrogens (tertiary/aromatic N) is 2. The summed E-state index contributed by atoms with van der Waals surface area (Å²) in [5.74, 6) is 0.907. The van der Waals surface area contributed by atoms with Crippen molar-refractivity contribution < 1.29 is 0 Å². The first-order chi connectivity index (χ1) is 10.1. The SMILES string of the molecule is CCC(C)NC(=NC)NCC(C)N1CCc2sccc2C1.I. The Morgan fingerprint density at radius 2 is 2.23 bits per heavy atom. The lowest BCUT2D eigenvalue weighted by molar-refractivity contribution is 0.192. The van der Waals surface area contributed by atoms with Gasteiger partial charge in [-0.1, -0.05) is 6.92 Å². The van der Waals surface area contributed by atoms with Crippen LogP contribution in [0, 0.1) is 0 Å². The highest BCUT2D eigenvalue weighted by atomic mass is 127. The summed E-state index contributed by atoms with van der Waals surface area (Å²) in [6.07, 6.45) is 2.29. The predicted molar refractivity (Wildman–Crippen MR) is 108 cm³/mol. The average Bonchev–Trinajstić information content (AvgIpc) is 2.98. The summed E-state index contributed by atoms with van der Waals surface area (Å²) >= 11 is 1.90. The fourth-order valence-corrected chi connectivity index (χ4v) is 3.44. The van der Waals surface area contributed by atoms with E-state index in [4.69, 9.17) is 0 Å². The average molecular weight is 436 g/mol. The van der Waals surface area contributed by atoms with Crippen LogP contribution < -0.4 is 10.6 Å². The van der Waals surface area contributed by atoms with Crippen LogP contribution in [-0.2, 0) is 13.0 Å². The summed E-state index contributed by atoms with van der Waals surface area (Å²) in [5, 5.41) is 9.07. The van der Waals surface area contributed by atoms with Crippen molar-refractivity contribution >= 4 is 41.3 Å². The lowest BCUT2D eigenvalue weighted by Gasteiger charge is -2.33. The molecule has 1 aromatic heterocycles. The number of fused-ring (bicyclic) bond motifs is 1. The summed E-state index contributed by atoms with van der Waals surface area (Å²) < 4.78 is 0. The van der Waals surface area contributed by atoms with Crippen LogP contribution in [0.25, 0.3) is 0 Å². The van der Waals surface area contributed by atoms with Gasteiger partial charge in [-0.05, 0) is 43.7 Å². The van der Waals surface area contributed by atoms with E-state index >= 15 is 0 Å². The molecule has 0 radical (unpaired) electrons. The molecule has 1 aliphatic heterocycles. The molecule has 2 rings (SSSR count). The Hall–Kier alpha value is -0.340. The van der Waals surface area contributed by atoms with E-state index in [1.165, 1.54) is 12.0 Å². The van der Waals surface area contributed by atoms with Crippen LogP contribution >= 0.6 is 35.3 Å². The van der Waals surface area contributed by atoms with Crippen LogP contribution in [0.15, 0.2) is 16.4 Å². The van der Waals surface area contributed by atoms with Crippen molar-refractivity contribution in [3.63, 3.8) is 0 Å². The highest BCUT2D eigenvalue weighted by Crippen LogP contribution is 2.24. The van der Waals surface area contributed by atoms with E-state index in [-0.39, 0.29) is 24.0 Å².